The standard InChI is InChI=1S/C21H30O4/c1-12(22)21(25)9-6-16-18-15(5-8-20(16,21)3)19(2)7-4-14(23)10-13(19)11-17(18)24/h4,7,13,15-18,24-25H,5-6,8-11H2,1-3H3/t13?,15-,16-,17-,18+,19-,20-,21-/m0/s1. The number of allylic oxidation sites excluding steroid dienone is 2. The second-order valence-electron chi connectivity index (χ2n) is 9.57. The summed E-state index contributed by atoms with van der Waals surface area (Å²) in [7, 11) is 0. The number of fused-ring (bicyclic) bond motifs is 5. The first-order chi connectivity index (χ1) is 11.6. The van der Waals surface area contributed by atoms with Gasteiger partial charge in [-0.15, -0.1) is 0 Å². The Hall–Kier alpha value is -1.00. The summed E-state index contributed by atoms with van der Waals surface area (Å²) in [5, 5.41) is 22.2. The normalized spacial score (nSPS) is 54.6. The van der Waals surface area contributed by atoms with E-state index in [9.17, 15) is 19.8 Å². The molecule has 0 aromatic heterocycles. The summed E-state index contributed by atoms with van der Waals surface area (Å²) in [5.41, 5.74) is -1.76. The van der Waals surface area contributed by atoms with Crippen LogP contribution in [0.15, 0.2) is 12.2 Å². The largest absolute Gasteiger partial charge is 0.393 e. The Morgan fingerprint density at radius 3 is 2.56 bits per heavy atom. The van der Waals surface area contributed by atoms with Gasteiger partial charge in [-0.05, 0) is 74.2 Å². The van der Waals surface area contributed by atoms with E-state index < -0.39 is 17.1 Å². The zero-order valence-electron chi connectivity index (χ0n) is 15.5. The molecule has 4 aliphatic rings. The second kappa shape index (κ2) is 5.26. The second-order valence-corrected chi connectivity index (χ2v) is 9.57. The van der Waals surface area contributed by atoms with Gasteiger partial charge in [-0.2, -0.15) is 0 Å². The highest BCUT2D eigenvalue weighted by Crippen LogP contribution is 2.67. The maximum absolute atomic E-state index is 12.2. The summed E-state index contributed by atoms with van der Waals surface area (Å²) in [4.78, 5) is 24.1. The van der Waals surface area contributed by atoms with Crippen LogP contribution in [0.3, 0.4) is 0 Å². The Balaban J connectivity index is 1.74. The Bertz CT molecular complexity index is 654. The molecule has 138 valence electrons. The molecule has 8 atom stereocenters. The van der Waals surface area contributed by atoms with Gasteiger partial charge in [0.05, 0.1) is 6.10 Å². The number of hydrogen-bond acceptors (Lipinski definition) is 4. The predicted octanol–water partition coefficient (Wildman–Crippen LogP) is 2.67. The van der Waals surface area contributed by atoms with Crippen LogP contribution >= 0.6 is 0 Å². The number of aliphatic hydroxyl groups is 2. The zero-order valence-corrected chi connectivity index (χ0v) is 15.5. The molecule has 1 unspecified atom stereocenters. The maximum atomic E-state index is 12.2. The maximum Gasteiger partial charge on any atom is 0.161 e. The van der Waals surface area contributed by atoms with Crippen molar-refractivity contribution in [1.82, 2.24) is 0 Å². The van der Waals surface area contributed by atoms with Crippen molar-refractivity contribution in [3.63, 3.8) is 0 Å². The van der Waals surface area contributed by atoms with Crippen molar-refractivity contribution in [3.05, 3.63) is 12.2 Å². The molecule has 4 rings (SSSR count). The quantitative estimate of drug-likeness (QED) is 0.765. The van der Waals surface area contributed by atoms with E-state index in [4.69, 9.17) is 0 Å². The molecule has 4 nitrogen and oxygen atoms in total. The van der Waals surface area contributed by atoms with Crippen molar-refractivity contribution < 1.29 is 19.8 Å². The lowest BCUT2D eigenvalue weighted by Gasteiger charge is -2.60. The molecule has 3 fully saturated rings. The molecule has 4 heteroatoms. The summed E-state index contributed by atoms with van der Waals surface area (Å²) < 4.78 is 0. The van der Waals surface area contributed by atoms with Crippen molar-refractivity contribution in [1.29, 1.82) is 0 Å². The number of aliphatic hydroxyl groups excluding tert-OH is 1. The van der Waals surface area contributed by atoms with Gasteiger partial charge in [0.15, 0.2) is 11.6 Å². The molecular weight excluding hydrogens is 316 g/mol. The van der Waals surface area contributed by atoms with E-state index in [0.29, 0.717) is 25.2 Å². The van der Waals surface area contributed by atoms with E-state index >= 15 is 0 Å². The molecule has 0 spiro atoms. The van der Waals surface area contributed by atoms with Crippen LogP contribution < -0.4 is 0 Å². The lowest BCUT2D eigenvalue weighted by atomic mass is 9.44. The molecule has 0 aromatic carbocycles. The Kier molecular flexibility index (Phi) is 3.66. The molecule has 0 heterocycles. The van der Waals surface area contributed by atoms with Crippen LogP contribution in [0.4, 0.5) is 0 Å². The third kappa shape index (κ3) is 2.07. The molecule has 3 saturated carbocycles. The number of carbonyl (C=O) groups is 2. The molecule has 0 aromatic rings. The van der Waals surface area contributed by atoms with Gasteiger partial charge in [-0.1, -0.05) is 19.9 Å². The van der Waals surface area contributed by atoms with Crippen molar-refractivity contribution >= 4 is 11.6 Å². The highest BCUT2D eigenvalue weighted by Gasteiger charge is 2.67. The van der Waals surface area contributed by atoms with E-state index in [1.54, 1.807) is 6.08 Å². The average molecular weight is 346 g/mol. The summed E-state index contributed by atoms with van der Waals surface area (Å²) >= 11 is 0. The van der Waals surface area contributed by atoms with Crippen LogP contribution in [0, 0.1) is 34.5 Å². The summed E-state index contributed by atoms with van der Waals surface area (Å²) in [5.74, 6) is 0.830. The third-order valence-electron chi connectivity index (χ3n) is 8.79. The SMILES string of the molecule is CC(=O)[C@@]1(O)CC[C@H]2[C@@H]3[C@@H](O)CC4CC(=O)C=C[C@]4(C)[C@H]3CC[C@@]21C. The van der Waals surface area contributed by atoms with Gasteiger partial charge in [-0.3, -0.25) is 9.59 Å². The van der Waals surface area contributed by atoms with Gasteiger partial charge < -0.3 is 10.2 Å². The fourth-order valence-corrected chi connectivity index (χ4v) is 7.20. The molecule has 2 N–H and O–H groups in total. The minimum Gasteiger partial charge on any atom is -0.393 e. The minimum atomic E-state index is -1.25. The summed E-state index contributed by atoms with van der Waals surface area (Å²) in [6.45, 7) is 5.81. The van der Waals surface area contributed by atoms with E-state index in [-0.39, 0.29) is 34.7 Å². The zero-order chi connectivity index (χ0) is 18.2. The topological polar surface area (TPSA) is 74.6 Å². The monoisotopic (exact) mass is 346 g/mol. The van der Waals surface area contributed by atoms with Gasteiger partial charge in [0.25, 0.3) is 0 Å². The van der Waals surface area contributed by atoms with Crippen molar-refractivity contribution in [2.24, 2.45) is 34.5 Å². The van der Waals surface area contributed by atoms with Gasteiger partial charge in [0.1, 0.15) is 5.60 Å². The number of hydrogen-bond donors (Lipinski definition) is 2. The van der Waals surface area contributed by atoms with Gasteiger partial charge in [-0.25, -0.2) is 0 Å². The molecule has 25 heavy (non-hydrogen) atoms. The van der Waals surface area contributed by atoms with Gasteiger partial charge >= 0.3 is 0 Å². The smallest absolute Gasteiger partial charge is 0.161 e. The number of Topliss-reactive ketones (excluding diaryl/α,β-unsaturated/α-hetero) is 1. The Morgan fingerprint density at radius 1 is 1.20 bits per heavy atom. The average Bonchev–Trinajstić information content (AvgIpc) is 2.82. The van der Waals surface area contributed by atoms with Crippen LogP contribution in [0.5, 0.6) is 0 Å². The molecular formula is C21H30O4. The van der Waals surface area contributed by atoms with Crippen molar-refractivity contribution in [2.75, 3.05) is 0 Å². The molecule has 0 bridgehead atoms. The third-order valence-corrected chi connectivity index (χ3v) is 8.79. The van der Waals surface area contributed by atoms with E-state index in [0.717, 1.165) is 19.3 Å². The predicted molar refractivity (Wildman–Crippen MR) is 93.7 cm³/mol. The van der Waals surface area contributed by atoms with Crippen LogP contribution in [0.1, 0.15) is 59.3 Å². The Labute approximate surface area is 149 Å². The molecule has 4 aliphatic carbocycles. The van der Waals surface area contributed by atoms with E-state index in [1.807, 2.05) is 0 Å². The van der Waals surface area contributed by atoms with Gasteiger partial charge in [0.2, 0.25) is 0 Å². The van der Waals surface area contributed by atoms with Crippen LogP contribution in [0.2, 0.25) is 0 Å². The number of ketones is 2. The lowest BCUT2D eigenvalue weighted by Crippen LogP contribution is -2.60. The molecule has 0 aliphatic heterocycles. The van der Waals surface area contributed by atoms with Crippen LogP contribution in [-0.4, -0.2) is 33.5 Å². The summed E-state index contributed by atoms with van der Waals surface area (Å²) in [6, 6.07) is 0. The van der Waals surface area contributed by atoms with Gasteiger partial charge in [0, 0.05) is 11.8 Å². The highest BCUT2D eigenvalue weighted by molar-refractivity contribution is 5.91. The first-order valence-electron chi connectivity index (χ1n) is 9.77. The first kappa shape index (κ1) is 17.4. The van der Waals surface area contributed by atoms with E-state index in [2.05, 4.69) is 19.9 Å². The van der Waals surface area contributed by atoms with Crippen molar-refractivity contribution in [2.45, 2.75) is 71.0 Å². The first-order valence-corrected chi connectivity index (χ1v) is 9.77. The minimum absolute atomic E-state index is 0.0595. The summed E-state index contributed by atoms with van der Waals surface area (Å²) in [6.07, 6.45) is 7.60. The van der Waals surface area contributed by atoms with Crippen LogP contribution in [0.25, 0.3) is 0 Å². The molecule has 0 radical (unpaired) electrons. The Morgan fingerprint density at radius 2 is 1.88 bits per heavy atom. The number of carbonyl (C=O) groups excluding carboxylic acids is 2. The number of rotatable bonds is 1. The van der Waals surface area contributed by atoms with E-state index in [1.165, 1.54) is 6.92 Å². The molecule has 0 saturated heterocycles. The highest BCUT2D eigenvalue weighted by atomic mass is 16.3. The fourth-order valence-electron chi connectivity index (χ4n) is 7.20. The lowest BCUT2D eigenvalue weighted by molar-refractivity contribution is -0.177. The fraction of sp³-hybridized carbons (Fsp3) is 0.810. The molecule has 0 amide bonds. The van der Waals surface area contributed by atoms with Crippen LogP contribution in [-0.2, 0) is 9.59 Å². The van der Waals surface area contributed by atoms with Crippen molar-refractivity contribution in [3.8, 4) is 0 Å².